The van der Waals surface area contributed by atoms with Crippen molar-refractivity contribution in [3.05, 3.63) is 18.5 Å². The van der Waals surface area contributed by atoms with Gasteiger partial charge in [-0.05, 0) is 38.2 Å². The first-order chi connectivity index (χ1) is 15.3. The molecule has 2 N–H and O–H groups in total. The molecule has 0 saturated carbocycles. The molecule has 3 rings (SSSR count). The van der Waals surface area contributed by atoms with Crippen LogP contribution in [-0.2, 0) is 9.47 Å². The summed E-state index contributed by atoms with van der Waals surface area (Å²) in [5.74, 6) is 2.39. The minimum Gasteiger partial charge on any atom is -0.381 e. The van der Waals surface area contributed by atoms with E-state index in [4.69, 9.17) is 9.47 Å². The number of anilines is 1. The largest absolute Gasteiger partial charge is 0.381 e. The predicted octanol–water partition coefficient (Wildman–Crippen LogP) is 1.61. The van der Waals surface area contributed by atoms with Crippen molar-refractivity contribution < 1.29 is 9.47 Å². The van der Waals surface area contributed by atoms with Gasteiger partial charge in [-0.1, -0.05) is 0 Å². The first-order valence-electron chi connectivity index (χ1n) is 11.8. The molecule has 2 aliphatic rings. The fraction of sp³-hybridized carbons (Fsp3) is 0.773. The number of hydrogen-bond acceptors (Lipinski definition) is 7. The van der Waals surface area contributed by atoms with Crippen LogP contribution in [0.5, 0.6) is 0 Å². The zero-order chi connectivity index (χ0) is 21.6. The summed E-state index contributed by atoms with van der Waals surface area (Å²) in [7, 11) is 0. The van der Waals surface area contributed by atoms with Crippen molar-refractivity contribution in [1.29, 1.82) is 0 Å². The first-order valence-corrected chi connectivity index (χ1v) is 11.8. The molecule has 1 aromatic heterocycles. The molecule has 0 bridgehead atoms. The lowest BCUT2D eigenvalue weighted by atomic mass is 10.0. The van der Waals surface area contributed by atoms with Crippen molar-refractivity contribution in [1.82, 2.24) is 25.5 Å². The Balaban J connectivity index is 0.00000363. The van der Waals surface area contributed by atoms with Crippen LogP contribution in [0.25, 0.3) is 0 Å². The molecule has 0 spiro atoms. The summed E-state index contributed by atoms with van der Waals surface area (Å²) >= 11 is 0. The number of halogens is 1. The normalized spacial score (nSPS) is 18.3. The number of hydrogen-bond donors (Lipinski definition) is 2. The minimum atomic E-state index is 0. The Kier molecular flexibility index (Phi) is 13.8. The second-order valence-electron chi connectivity index (χ2n) is 8.05. The molecule has 2 fully saturated rings. The number of aromatic nitrogens is 2. The minimum absolute atomic E-state index is 0. The van der Waals surface area contributed by atoms with Gasteiger partial charge in [-0.25, -0.2) is 9.97 Å². The van der Waals surface area contributed by atoms with Crippen LogP contribution < -0.4 is 15.5 Å². The Morgan fingerprint density at radius 1 is 1.16 bits per heavy atom. The predicted molar refractivity (Wildman–Crippen MR) is 139 cm³/mol. The Labute approximate surface area is 209 Å². The molecule has 0 aromatic carbocycles. The molecule has 0 amide bonds. The topological polar surface area (TPSA) is 87.1 Å². The third kappa shape index (κ3) is 10.1. The van der Waals surface area contributed by atoms with Gasteiger partial charge in [-0.2, -0.15) is 0 Å². The SMILES string of the molecule is CCNC(=NCCCOCC1CCOCC1)NCCN1CCN(c2ncccn2)CC1.I. The molecule has 0 radical (unpaired) electrons. The van der Waals surface area contributed by atoms with E-state index < -0.39 is 0 Å². The van der Waals surface area contributed by atoms with E-state index in [0.717, 1.165) is 110 Å². The van der Waals surface area contributed by atoms with Crippen LogP contribution in [0.4, 0.5) is 5.95 Å². The molecule has 182 valence electrons. The van der Waals surface area contributed by atoms with E-state index in [1.807, 2.05) is 6.07 Å². The van der Waals surface area contributed by atoms with Crippen LogP contribution >= 0.6 is 24.0 Å². The number of piperazine rings is 1. The van der Waals surface area contributed by atoms with Crippen molar-refractivity contribution in [3.63, 3.8) is 0 Å². The van der Waals surface area contributed by atoms with Gasteiger partial charge in [-0.3, -0.25) is 9.89 Å². The first kappa shape index (κ1) is 27.0. The van der Waals surface area contributed by atoms with Crippen LogP contribution in [0.1, 0.15) is 26.2 Å². The molecule has 1 aromatic rings. The summed E-state index contributed by atoms with van der Waals surface area (Å²) < 4.78 is 11.2. The molecule has 0 aliphatic carbocycles. The summed E-state index contributed by atoms with van der Waals surface area (Å²) in [6.45, 7) is 13.0. The summed E-state index contributed by atoms with van der Waals surface area (Å²) in [5, 5.41) is 6.79. The summed E-state index contributed by atoms with van der Waals surface area (Å²) in [6, 6.07) is 1.86. The fourth-order valence-corrected chi connectivity index (χ4v) is 3.82. The molecule has 3 heterocycles. The van der Waals surface area contributed by atoms with Gasteiger partial charge < -0.3 is 25.0 Å². The zero-order valence-electron chi connectivity index (χ0n) is 19.4. The van der Waals surface area contributed by atoms with Gasteiger partial charge >= 0.3 is 0 Å². The molecule has 0 atom stereocenters. The van der Waals surface area contributed by atoms with E-state index in [-0.39, 0.29) is 24.0 Å². The third-order valence-electron chi connectivity index (χ3n) is 5.68. The molecule has 0 unspecified atom stereocenters. The maximum Gasteiger partial charge on any atom is 0.225 e. The molecular weight excluding hydrogens is 521 g/mol. The summed E-state index contributed by atoms with van der Waals surface area (Å²) in [5.41, 5.74) is 0. The third-order valence-corrected chi connectivity index (χ3v) is 5.68. The van der Waals surface area contributed by atoms with Crippen molar-refractivity contribution in [2.24, 2.45) is 10.9 Å². The van der Waals surface area contributed by atoms with E-state index in [1.54, 1.807) is 12.4 Å². The number of nitrogens with one attached hydrogen (secondary N) is 2. The number of guanidine groups is 1. The second-order valence-corrected chi connectivity index (χ2v) is 8.05. The van der Waals surface area contributed by atoms with Gasteiger partial charge in [-0.15, -0.1) is 24.0 Å². The average molecular weight is 562 g/mol. The fourth-order valence-electron chi connectivity index (χ4n) is 3.82. The van der Waals surface area contributed by atoms with Gasteiger partial charge in [0.2, 0.25) is 5.95 Å². The Morgan fingerprint density at radius 3 is 2.62 bits per heavy atom. The van der Waals surface area contributed by atoms with Crippen molar-refractivity contribution in [3.8, 4) is 0 Å². The highest BCUT2D eigenvalue weighted by Crippen LogP contribution is 2.14. The lowest BCUT2D eigenvalue weighted by molar-refractivity contribution is 0.0205. The summed E-state index contributed by atoms with van der Waals surface area (Å²) in [4.78, 5) is 18.1. The van der Waals surface area contributed by atoms with E-state index in [9.17, 15) is 0 Å². The van der Waals surface area contributed by atoms with Crippen LogP contribution in [-0.4, -0.2) is 99.6 Å². The maximum absolute atomic E-state index is 5.83. The van der Waals surface area contributed by atoms with Crippen LogP contribution in [0.15, 0.2) is 23.5 Å². The lowest BCUT2D eigenvalue weighted by Crippen LogP contribution is -2.49. The van der Waals surface area contributed by atoms with Crippen LogP contribution in [0.3, 0.4) is 0 Å². The highest BCUT2D eigenvalue weighted by molar-refractivity contribution is 14.0. The van der Waals surface area contributed by atoms with Crippen molar-refractivity contribution in [2.75, 3.05) is 83.7 Å². The zero-order valence-corrected chi connectivity index (χ0v) is 21.7. The van der Waals surface area contributed by atoms with Gasteiger partial charge in [0.25, 0.3) is 0 Å². The quantitative estimate of drug-likeness (QED) is 0.183. The van der Waals surface area contributed by atoms with E-state index in [1.165, 1.54) is 0 Å². The summed E-state index contributed by atoms with van der Waals surface area (Å²) in [6.07, 6.45) is 6.81. The maximum atomic E-state index is 5.83. The number of ether oxygens (including phenoxy) is 2. The second kappa shape index (κ2) is 16.4. The smallest absolute Gasteiger partial charge is 0.225 e. The Hall–Kier alpha value is -1.24. The molecule has 9 nitrogen and oxygen atoms in total. The Bertz CT molecular complexity index is 624. The standard InChI is InChI=1S/C22H39N7O2.HI/c1-2-23-21(24-9-4-16-31-19-20-5-17-30-18-6-20)25-10-11-28-12-14-29(15-13-28)22-26-7-3-8-27-22;/h3,7-8,20H,2,4-6,9-19H2,1H3,(H2,23,24,25);1H. The highest BCUT2D eigenvalue weighted by atomic mass is 127. The van der Waals surface area contributed by atoms with Crippen molar-refractivity contribution >= 4 is 35.9 Å². The Morgan fingerprint density at radius 2 is 1.91 bits per heavy atom. The van der Waals surface area contributed by atoms with Gasteiger partial charge in [0.05, 0.1) is 0 Å². The number of aliphatic imine (C=N–C) groups is 1. The van der Waals surface area contributed by atoms with Gasteiger partial charge in [0, 0.05) is 91.2 Å². The van der Waals surface area contributed by atoms with E-state index in [2.05, 4.69) is 42.3 Å². The monoisotopic (exact) mass is 561 g/mol. The molecular formula is C22H40IN7O2. The van der Waals surface area contributed by atoms with Gasteiger partial charge in [0.15, 0.2) is 5.96 Å². The highest BCUT2D eigenvalue weighted by Gasteiger charge is 2.18. The van der Waals surface area contributed by atoms with E-state index in [0.29, 0.717) is 5.92 Å². The van der Waals surface area contributed by atoms with E-state index >= 15 is 0 Å². The average Bonchev–Trinajstić information content (AvgIpc) is 2.83. The van der Waals surface area contributed by atoms with Crippen LogP contribution in [0.2, 0.25) is 0 Å². The van der Waals surface area contributed by atoms with Crippen LogP contribution in [0, 0.1) is 5.92 Å². The molecule has 10 heteroatoms. The molecule has 2 aliphatic heterocycles. The van der Waals surface area contributed by atoms with Gasteiger partial charge in [0.1, 0.15) is 0 Å². The van der Waals surface area contributed by atoms with Crippen molar-refractivity contribution in [2.45, 2.75) is 26.2 Å². The molecule has 32 heavy (non-hydrogen) atoms. The number of rotatable bonds is 11. The lowest BCUT2D eigenvalue weighted by Gasteiger charge is -2.34. The molecule has 2 saturated heterocycles. The number of nitrogens with zero attached hydrogens (tertiary/aromatic N) is 5.